The molecule has 0 aliphatic heterocycles. The first kappa shape index (κ1) is 16.1. The largest absolute Gasteiger partial charge is 0.497 e. The molecule has 0 unspecified atom stereocenters. The number of hydrogen-bond donors (Lipinski definition) is 1. The van der Waals surface area contributed by atoms with Crippen molar-refractivity contribution in [2.45, 2.75) is 6.54 Å². The lowest BCUT2D eigenvalue weighted by molar-refractivity contribution is -0.116. The van der Waals surface area contributed by atoms with Crippen LogP contribution < -0.4 is 15.8 Å². The highest BCUT2D eigenvalue weighted by Crippen LogP contribution is 2.19. The van der Waals surface area contributed by atoms with Gasteiger partial charge in [0.2, 0.25) is 5.91 Å². The fourth-order valence-electron chi connectivity index (χ4n) is 2.28. The third kappa shape index (κ3) is 3.57. The number of methoxy groups -OCH3 is 1. The Morgan fingerprint density at radius 1 is 1.42 bits per heavy atom. The van der Waals surface area contributed by atoms with Crippen LogP contribution in [0.2, 0.25) is 0 Å². The van der Waals surface area contributed by atoms with Crippen molar-refractivity contribution in [3.05, 3.63) is 57.2 Å². The Kier molecular flexibility index (Phi) is 4.81. The summed E-state index contributed by atoms with van der Waals surface area (Å²) in [5.41, 5.74) is 1.13. The van der Waals surface area contributed by atoms with Crippen molar-refractivity contribution < 1.29 is 13.9 Å². The predicted molar refractivity (Wildman–Crippen MR) is 93.4 cm³/mol. The van der Waals surface area contributed by atoms with Crippen molar-refractivity contribution in [2.75, 3.05) is 13.7 Å². The number of nitrogens with zero attached hydrogens (tertiary/aromatic N) is 1. The lowest BCUT2D eigenvalue weighted by Crippen LogP contribution is -2.28. The Labute approximate surface area is 142 Å². The van der Waals surface area contributed by atoms with Crippen molar-refractivity contribution in [3.63, 3.8) is 0 Å². The van der Waals surface area contributed by atoms with Crippen LogP contribution in [0.25, 0.3) is 17.2 Å². The Morgan fingerprint density at radius 2 is 2.29 bits per heavy atom. The fraction of sp³-hybridized carbons (Fsp3) is 0.176. The van der Waals surface area contributed by atoms with Gasteiger partial charge in [0.15, 0.2) is 5.58 Å². The van der Waals surface area contributed by atoms with E-state index in [0.29, 0.717) is 29.9 Å². The summed E-state index contributed by atoms with van der Waals surface area (Å²) in [7, 11) is 1.55. The SMILES string of the molecule is COc1ccc2c(c1)oc(=O)n2CCNC(=O)/C=C/c1cccs1. The molecule has 0 fully saturated rings. The van der Waals surface area contributed by atoms with Crippen molar-refractivity contribution in [1.82, 2.24) is 9.88 Å². The first-order valence-corrected chi connectivity index (χ1v) is 8.22. The number of carbonyl (C=O) groups excluding carboxylic acids is 1. The van der Waals surface area contributed by atoms with E-state index in [1.807, 2.05) is 17.5 Å². The summed E-state index contributed by atoms with van der Waals surface area (Å²) >= 11 is 1.56. The third-order valence-corrected chi connectivity index (χ3v) is 4.29. The lowest BCUT2D eigenvalue weighted by Gasteiger charge is -2.04. The molecular weight excluding hydrogens is 328 g/mol. The Balaban J connectivity index is 1.62. The molecule has 0 radical (unpaired) electrons. The molecular formula is C17H16N2O4S. The van der Waals surface area contributed by atoms with Crippen molar-refractivity contribution in [1.29, 1.82) is 0 Å². The molecule has 1 N–H and O–H groups in total. The number of amides is 1. The van der Waals surface area contributed by atoms with Gasteiger partial charge in [0.05, 0.1) is 12.6 Å². The summed E-state index contributed by atoms with van der Waals surface area (Å²) in [6.45, 7) is 0.658. The van der Waals surface area contributed by atoms with E-state index in [1.54, 1.807) is 42.7 Å². The Bertz CT molecular complexity index is 922. The van der Waals surface area contributed by atoms with Crippen LogP contribution in [-0.4, -0.2) is 24.1 Å². The molecule has 124 valence electrons. The Hall–Kier alpha value is -2.80. The smallest absolute Gasteiger partial charge is 0.420 e. The summed E-state index contributed by atoms with van der Waals surface area (Å²) in [6, 6.07) is 9.04. The second kappa shape index (κ2) is 7.18. The summed E-state index contributed by atoms with van der Waals surface area (Å²) in [5.74, 6) is -0.0389. The average Bonchev–Trinajstić information content (AvgIpc) is 3.20. The first-order valence-electron chi connectivity index (χ1n) is 7.34. The lowest BCUT2D eigenvalue weighted by atomic mass is 10.3. The van der Waals surface area contributed by atoms with Crippen LogP contribution in [0, 0.1) is 0 Å². The maximum absolute atomic E-state index is 11.9. The van der Waals surface area contributed by atoms with E-state index in [1.165, 1.54) is 10.6 Å². The highest BCUT2D eigenvalue weighted by molar-refractivity contribution is 7.10. The maximum Gasteiger partial charge on any atom is 0.420 e. The molecule has 0 bridgehead atoms. The predicted octanol–water partition coefficient (Wildman–Crippen LogP) is 2.49. The summed E-state index contributed by atoms with van der Waals surface area (Å²) in [6.07, 6.45) is 3.23. The van der Waals surface area contributed by atoms with E-state index < -0.39 is 5.76 Å². The van der Waals surface area contributed by atoms with Crippen LogP contribution in [0.3, 0.4) is 0 Å². The number of hydrogen-bond acceptors (Lipinski definition) is 5. The molecule has 0 saturated carbocycles. The van der Waals surface area contributed by atoms with Crippen molar-refractivity contribution in [3.8, 4) is 5.75 Å². The molecule has 0 aliphatic carbocycles. The van der Waals surface area contributed by atoms with E-state index in [-0.39, 0.29) is 5.91 Å². The van der Waals surface area contributed by atoms with E-state index in [4.69, 9.17) is 9.15 Å². The zero-order valence-electron chi connectivity index (χ0n) is 13.0. The van der Waals surface area contributed by atoms with Gasteiger partial charge in [-0.05, 0) is 29.7 Å². The van der Waals surface area contributed by atoms with E-state index >= 15 is 0 Å². The van der Waals surface area contributed by atoms with Crippen LogP contribution >= 0.6 is 11.3 Å². The number of thiophene rings is 1. The fourth-order valence-corrected chi connectivity index (χ4v) is 2.90. The zero-order chi connectivity index (χ0) is 16.9. The van der Waals surface area contributed by atoms with Gasteiger partial charge in [0, 0.05) is 30.1 Å². The molecule has 1 aromatic carbocycles. The standard InChI is InChI=1S/C17H16N2O4S/c1-22-12-4-6-14-15(11-12)23-17(21)19(14)9-8-18-16(20)7-5-13-3-2-10-24-13/h2-7,10-11H,8-9H2,1H3,(H,18,20)/b7-5+. The van der Waals surface area contributed by atoms with Crippen LogP contribution in [0.1, 0.15) is 4.88 Å². The van der Waals surface area contributed by atoms with Crippen LogP contribution in [0.15, 0.2) is 51.0 Å². The van der Waals surface area contributed by atoms with Crippen molar-refractivity contribution >= 4 is 34.4 Å². The number of fused-ring (bicyclic) bond motifs is 1. The highest BCUT2D eigenvalue weighted by atomic mass is 32.1. The summed E-state index contributed by atoms with van der Waals surface area (Å²) < 4.78 is 11.8. The number of aromatic nitrogens is 1. The molecule has 24 heavy (non-hydrogen) atoms. The minimum Gasteiger partial charge on any atom is -0.497 e. The minimum atomic E-state index is -0.457. The number of carbonyl (C=O) groups is 1. The van der Waals surface area contributed by atoms with Gasteiger partial charge in [0.25, 0.3) is 0 Å². The van der Waals surface area contributed by atoms with E-state index in [9.17, 15) is 9.59 Å². The highest BCUT2D eigenvalue weighted by Gasteiger charge is 2.10. The topological polar surface area (TPSA) is 73.5 Å². The van der Waals surface area contributed by atoms with Gasteiger partial charge < -0.3 is 14.5 Å². The van der Waals surface area contributed by atoms with Crippen LogP contribution in [0.4, 0.5) is 0 Å². The molecule has 2 heterocycles. The normalized spacial score (nSPS) is 11.2. The number of ether oxygens (including phenoxy) is 1. The molecule has 0 atom stereocenters. The van der Waals surface area contributed by atoms with Crippen LogP contribution in [-0.2, 0) is 11.3 Å². The third-order valence-electron chi connectivity index (χ3n) is 3.45. The van der Waals surface area contributed by atoms with Gasteiger partial charge in [-0.1, -0.05) is 6.07 Å². The molecule has 3 rings (SSSR count). The summed E-state index contributed by atoms with van der Waals surface area (Å²) in [5, 5.41) is 4.70. The summed E-state index contributed by atoms with van der Waals surface area (Å²) in [4.78, 5) is 24.7. The molecule has 0 saturated heterocycles. The molecule has 3 aromatic rings. The number of nitrogens with one attached hydrogen (secondary N) is 1. The van der Waals surface area contributed by atoms with E-state index in [2.05, 4.69) is 5.32 Å². The van der Waals surface area contributed by atoms with Gasteiger partial charge in [-0.2, -0.15) is 0 Å². The van der Waals surface area contributed by atoms with Gasteiger partial charge in [-0.15, -0.1) is 11.3 Å². The number of rotatable bonds is 6. The first-order chi connectivity index (χ1) is 11.7. The molecule has 0 aliphatic rings. The second-order valence-corrected chi connectivity index (χ2v) is 5.97. The molecule has 0 spiro atoms. The average molecular weight is 344 g/mol. The quantitative estimate of drug-likeness (QED) is 0.697. The number of benzene rings is 1. The Morgan fingerprint density at radius 3 is 3.04 bits per heavy atom. The zero-order valence-corrected chi connectivity index (χ0v) is 13.8. The molecule has 1 amide bonds. The minimum absolute atomic E-state index is 0.203. The molecule has 2 aromatic heterocycles. The van der Waals surface area contributed by atoms with Crippen LogP contribution in [0.5, 0.6) is 5.75 Å². The molecule has 7 heteroatoms. The second-order valence-electron chi connectivity index (χ2n) is 4.99. The van der Waals surface area contributed by atoms with Gasteiger partial charge in [-0.3, -0.25) is 9.36 Å². The van der Waals surface area contributed by atoms with Gasteiger partial charge >= 0.3 is 5.76 Å². The monoisotopic (exact) mass is 344 g/mol. The van der Waals surface area contributed by atoms with Gasteiger partial charge in [-0.25, -0.2) is 4.79 Å². The van der Waals surface area contributed by atoms with Crippen molar-refractivity contribution in [2.24, 2.45) is 0 Å². The van der Waals surface area contributed by atoms with Gasteiger partial charge in [0.1, 0.15) is 5.75 Å². The number of oxazole rings is 1. The molecule has 6 nitrogen and oxygen atoms in total. The maximum atomic E-state index is 11.9. The van der Waals surface area contributed by atoms with E-state index in [0.717, 1.165) is 4.88 Å².